The molecule has 0 aliphatic carbocycles. The van der Waals surface area contributed by atoms with E-state index in [2.05, 4.69) is 41.5 Å². The molecule has 23 heavy (non-hydrogen) atoms. The van der Waals surface area contributed by atoms with E-state index in [1.165, 1.54) is 0 Å². The lowest BCUT2D eigenvalue weighted by Crippen LogP contribution is -2.56. The lowest BCUT2D eigenvalue weighted by atomic mass is 10.1. The molecule has 1 atom stereocenters. The lowest BCUT2D eigenvalue weighted by Gasteiger charge is -2.39. The molecule has 0 aliphatic rings. The standard InChI is InChI=1S/C19H30N2OSi/c1-13(2)23(14(3)4,15(5)6)19-21-12-17(22-19)18(20)16-10-8-7-9-11-16/h7-15,18H,20H2,1-6H3. The summed E-state index contributed by atoms with van der Waals surface area (Å²) < 4.78 is 6.27. The molecular formula is C19H30N2OSi. The Hall–Kier alpha value is -1.39. The van der Waals surface area contributed by atoms with Crippen LogP contribution in [0.15, 0.2) is 40.9 Å². The molecule has 2 N–H and O–H groups in total. The second-order valence-corrected chi connectivity index (χ2v) is 13.1. The average Bonchev–Trinajstić information content (AvgIpc) is 2.96. The minimum Gasteiger partial charge on any atom is -0.449 e. The van der Waals surface area contributed by atoms with Crippen LogP contribution in [0.5, 0.6) is 0 Å². The number of aromatic nitrogens is 1. The molecule has 2 aromatic rings. The van der Waals surface area contributed by atoms with Gasteiger partial charge in [0.25, 0.3) is 0 Å². The van der Waals surface area contributed by atoms with Gasteiger partial charge >= 0.3 is 0 Å². The summed E-state index contributed by atoms with van der Waals surface area (Å²) in [5.74, 6) is 0.769. The van der Waals surface area contributed by atoms with E-state index >= 15 is 0 Å². The molecule has 1 unspecified atom stereocenters. The Morgan fingerprint density at radius 2 is 1.43 bits per heavy atom. The van der Waals surface area contributed by atoms with Gasteiger partial charge in [0.2, 0.25) is 0 Å². The van der Waals surface area contributed by atoms with E-state index in [1.807, 2.05) is 36.5 Å². The van der Waals surface area contributed by atoms with Crippen LogP contribution in [0.1, 0.15) is 58.9 Å². The number of benzene rings is 1. The van der Waals surface area contributed by atoms with Crippen LogP contribution >= 0.6 is 0 Å². The van der Waals surface area contributed by atoms with Crippen LogP contribution in [0.3, 0.4) is 0 Å². The first-order valence-electron chi connectivity index (χ1n) is 8.58. The highest BCUT2D eigenvalue weighted by Crippen LogP contribution is 2.41. The van der Waals surface area contributed by atoms with Gasteiger partial charge in [0.05, 0.1) is 12.2 Å². The van der Waals surface area contributed by atoms with E-state index in [0.29, 0.717) is 16.6 Å². The third-order valence-corrected chi connectivity index (χ3v) is 11.9. The number of rotatable bonds is 6. The van der Waals surface area contributed by atoms with E-state index in [0.717, 1.165) is 16.8 Å². The number of hydrogen-bond acceptors (Lipinski definition) is 3. The fourth-order valence-corrected chi connectivity index (χ4v) is 10.3. The fraction of sp³-hybridized carbons (Fsp3) is 0.526. The Morgan fingerprint density at radius 1 is 0.913 bits per heavy atom. The average molecular weight is 331 g/mol. The van der Waals surface area contributed by atoms with Crippen molar-refractivity contribution in [3.63, 3.8) is 0 Å². The highest BCUT2D eigenvalue weighted by atomic mass is 28.3. The van der Waals surface area contributed by atoms with Crippen molar-refractivity contribution in [2.45, 2.75) is 64.2 Å². The predicted octanol–water partition coefficient (Wildman–Crippen LogP) is 4.61. The van der Waals surface area contributed by atoms with Crippen LogP contribution in [-0.2, 0) is 0 Å². The van der Waals surface area contributed by atoms with Gasteiger partial charge in [0.1, 0.15) is 5.76 Å². The molecule has 0 saturated carbocycles. The normalized spacial score (nSPS) is 14.0. The van der Waals surface area contributed by atoms with Gasteiger partial charge in [0.15, 0.2) is 13.6 Å². The second-order valence-electron chi connectivity index (χ2n) is 7.35. The molecule has 126 valence electrons. The molecule has 0 spiro atoms. The van der Waals surface area contributed by atoms with Crippen molar-refractivity contribution in [1.29, 1.82) is 0 Å². The molecular weight excluding hydrogens is 300 g/mol. The summed E-state index contributed by atoms with van der Waals surface area (Å²) in [5, 5.41) is 0. The molecule has 1 heterocycles. The van der Waals surface area contributed by atoms with Crippen LogP contribution in [0.2, 0.25) is 16.6 Å². The van der Waals surface area contributed by atoms with Gasteiger partial charge in [-0.3, -0.25) is 0 Å². The van der Waals surface area contributed by atoms with Gasteiger partial charge in [-0.05, 0) is 22.2 Å². The zero-order valence-electron chi connectivity index (χ0n) is 15.2. The molecule has 0 bridgehead atoms. The fourth-order valence-electron chi connectivity index (χ4n) is 4.20. The van der Waals surface area contributed by atoms with Crippen LogP contribution < -0.4 is 11.2 Å². The SMILES string of the molecule is CC(C)[Si](c1ncc(C(N)c2ccccc2)o1)(C(C)C)C(C)C. The van der Waals surface area contributed by atoms with Gasteiger partial charge in [-0.2, -0.15) is 0 Å². The molecule has 0 amide bonds. The molecule has 2 rings (SSSR count). The van der Waals surface area contributed by atoms with Gasteiger partial charge in [-0.1, -0.05) is 71.9 Å². The zero-order valence-corrected chi connectivity index (χ0v) is 16.2. The van der Waals surface area contributed by atoms with Crippen LogP contribution in [0, 0.1) is 0 Å². The molecule has 0 saturated heterocycles. The van der Waals surface area contributed by atoms with Crippen molar-refractivity contribution in [3.8, 4) is 0 Å². The van der Waals surface area contributed by atoms with E-state index in [1.54, 1.807) is 0 Å². The summed E-state index contributed by atoms with van der Waals surface area (Å²) in [7, 11) is -1.86. The maximum Gasteiger partial charge on any atom is 0.167 e. The van der Waals surface area contributed by atoms with E-state index in [-0.39, 0.29) is 6.04 Å². The van der Waals surface area contributed by atoms with Gasteiger partial charge in [-0.15, -0.1) is 0 Å². The Kier molecular flexibility index (Phi) is 5.47. The Morgan fingerprint density at radius 3 is 1.91 bits per heavy atom. The summed E-state index contributed by atoms with van der Waals surface area (Å²) in [6.45, 7) is 13.9. The minimum atomic E-state index is -1.86. The smallest absolute Gasteiger partial charge is 0.167 e. The first-order valence-corrected chi connectivity index (χ1v) is 10.8. The highest BCUT2D eigenvalue weighted by molar-refractivity contribution is 6.93. The number of nitrogens with zero attached hydrogens (tertiary/aromatic N) is 1. The maximum atomic E-state index is 6.38. The topological polar surface area (TPSA) is 52.0 Å². The van der Waals surface area contributed by atoms with Crippen molar-refractivity contribution in [2.24, 2.45) is 5.73 Å². The zero-order chi connectivity index (χ0) is 17.2. The first kappa shape index (κ1) is 18.0. The Labute approximate surface area is 141 Å². The van der Waals surface area contributed by atoms with Crippen molar-refractivity contribution in [3.05, 3.63) is 47.9 Å². The van der Waals surface area contributed by atoms with Gasteiger partial charge in [0, 0.05) is 0 Å². The molecule has 0 aliphatic heterocycles. The van der Waals surface area contributed by atoms with Gasteiger partial charge < -0.3 is 10.2 Å². The van der Waals surface area contributed by atoms with Crippen molar-refractivity contribution < 1.29 is 4.42 Å². The van der Waals surface area contributed by atoms with E-state index in [4.69, 9.17) is 15.1 Å². The molecule has 4 heteroatoms. The first-order chi connectivity index (χ1) is 10.8. The van der Waals surface area contributed by atoms with Gasteiger partial charge in [-0.25, -0.2) is 4.98 Å². The van der Waals surface area contributed by atoms with Crippen molar-refractivity contribution in [1.82, 2.24) is 4.98 Å². The third-order valence-electron chi connectivity index (χ3n) is 5.23. The van der Waals surface area contributed by atoms with Crippen molar-refractivity contribution in [2.75, 3.05) is 0 Å². The summed E-state index contributed by atoms with van der Waals surface area (Å²) >= 11 is 0. The summed E-state index contributed by atoms with van der Waals surface area (Å²) in [4.78, 5) is 4.71. The number of oxazole rings is 1. The Bertz CT molecular complexity index is 598. The van der Waals surface area contributed by atoms with E-state index < -0.39 is 8.07 Å². The lowest BCUT2D eigenvalue weighted by molar-refractivity contribution is 0.504. The summed E-state index contributed by atoms with van der Waals surface area (Å²) in [6, 6.07) is 9.81. The van der Waals surface area contributed by atoms with Crippen LogP contribution in [0.25, 0.3) is 0 Å². The molecule has 1 aromatic carbocycles. The molecule has 0 radical (unpaired) electrons. The molecule has 1 aromatic heterocycles. The number of nitrogens with two attached hydrogens (primary N) is 1. The maximum absolute atomic E-state index is 6.38. The van der Waals surface area contributed by atoms with Crippen LogP contribution in [0.4, 0.5) is 0 Å². The van der Waals surface area contributed by atoms with E-state index in [9.17, 15) is 0 Å². The summed E-state index contributed by atoms with van der Waals surface area (Å²) in [6.07, 6.45) is 1.84. The second kappa shape index (κ2) is 7.01. The summed E-state index contributed by atoms with van der Waals surface area (Å²) in [5.41, 5.74) is 10.1. The van der Waals surface area contributed by atoms with Crippen molar-refractivity contribution >= 4 is 13.6 Å². The third kappa shape index (κ3) is 3.15. The highest BCUT2D eigenvalue weighted by Gasteiger charge is 2.49. The molecule has 0 fully saturated rings. The predicted molar refractivity (Wildman–Crippen MR) is 99.7 cm³/mol. The quantitative estimate of drug-likeness (QED) is 0.787. The number of hydrogen-bond donors (Lipinski definition) is 1. The molecule has 3 nitrogen and oxygen atoms in total. The minimum absolute atomic E-state index is 0.254. The monoisotopic (exact) mass is 330 g/mol. The Balaban J connectivity index is 2.43. The van der Waals surface area contributed by atoms with Crippen LogP contribution in [-0.4, -0.2) is 13.1 Å². The largest absolute Gasteiger partial charge is 0.449 e.